The van der Waals surface area contributed by atoms with Crippen LogP contribution in [0.25, 0.3) is 0 Å². The van der Waals surface area contributed by atoms with Gasteiger partial charge < -0.3 is 15.6 Å². The molecule has 3 N–H and O–H groups in total. The maximum Gasteiger partial charge on any atom is 0.412 e. The molecule has 10 nitrogen and oxygen atoms in total. The first-order valence-corrected chi connectivity index (χ1v) is 9.46. The van der Waals surface area contributed by atoms with Gasteiger partial charge in [-0.15, -0.1) is 0 Å². The van der Waals surface area contributed by atoms with E-state index < -0.39 is 16.9 Å². The third kappa shape index (κ3) is 3.51. The predicted octanol–water partition coefficient (Wildman–Crippen LogP) is 2.96. The van der Waals surface area contributed by atoms with Gasteiger partial charge in [-0.3, -0.25) is 19.8 Å². The first-order valence-electron chi connectivity index (χ1n) is 9.46. The van der Waals surface area contributed by atoms with E-state index in [0.717, 1.165) is 12.8 Å². The van der Waals surface area contributed by atoms with Crippen molar-refractivity contribution < 1.29 is 24.4 Å². The molecule has 0 aliphatic heterocycles. The number of pyridine rings is 1. The molecule has 1 aromatic carbocycles. The Morgan fingerprint density at radius 2 is 1.87 bits per heavy atom. The maximum atomic E-state index is 11.8. The van der Waals surface area contributed by atoms with E-state index in [1.54, 1.807) is 12.1 Å². The Bertz CT molecular complexity index is 995. The topological polar surface area (TPSA) is 149 Å². The molecular formula is C20H20N4O6. The van der Waals surface area contributed by atoms with E-state index >= 15 is 0 Å². The Morgan fingerprint density at radius 3 is 2.43 bits per heavy atom. The molecular weight excluding hydrogens is 392 g/mol. The fourth-order valence-electron chi connectivity index (χ4n) is 4.49. The van der Waals surface area contributed by atoms with Crippen molar-refractivity contribution >= 4 is 23.4 Å². The van der Waals surface area contributed by atoms with Gasteiger partial charge in [0.1, 0.15) is 11.7 Å². The van der Waals surface area contributed by atoms with Crippen LogP contribution in [0.3, 0.4) is 0 Å². The second-order valence-electron chi connectivity index (χ2n) is 7.86. The third-order valence-corrected chi connectivity index (χ3v) is 5.88. The summed E-state index contributed by atoms with van der Waals surface area (Å²) in [5.41, 5.74) is 5.92. The smallest absolute Gasteiger partial charge is 0.412 e. The van der Waals surface area contributed by atoms with Crippen molar-refractivity contribution in [1.82, 2.24) is 4.98 Å². The van der Waals surface area contributed by atoms with Crippen molar-refractivity contribution in [1.29, 1.82) is 0 Å². The molecule has 2 aliphatic carbocycles. The van der Waals surface area contributed by atoms with Gasteiger partial charge >= 0.3 is 6.09 Å². The molecule has 10 heteroatoms. The van der Waals surface area contributed by atoms with Gasteiger partial charge in [-0.25, -0.2) is 9.78 Å². The molecule has 0 bridgehead atoms. The van der Waals surface area contributed by atoms with Gasteiger partial charge in [0.2, 0.25) is 5.88 Å². The predicted molar refractivity (Wildman–Crippen MR) is 105 cm³/mol. The van der Waals surface area contributed by atoms with E-state index in [1.807, 2.05) is 0 Å². The molecule has 2 aliphatic rings. The molecule has 2 fully saturated rings. The standard InChI is InChI=1S/C20H20N4O6/c21-17(25)16-2-1-7-22-18(16)30-15-10-20(11-15)8-14(9-20)23(19(26)27)12-3-5-13(6-4-12)24(28)29/h1-7,14-15H,8-11H2,(H2,21,25)(H,26,27). The van der Waals surface area contributed by atoms with Crippen LogP contribution in [0.5, 0.6) is 5.88 Å². The van der Waals surface area contributed by atoms with Gasteiger partial charge in [-0.05, 0) is 55.4 Å². The van der Waals surface area contributed by atoms with E-state index in [9.17, 15) is 24.8 Å². The second-order valence-corrected chi connectivity index (χ2v) is 7.86. The highest BCUT2D eigenvalue weighted by molar-refractivity contribution is 5.95. The van der Waals surface area contributed by atoms with Gasteiger partial charge in [0, 0.05) is 30.1 Å². The van der Waals surface area contributed by atoms with Crippen LogP contribution in [0.2, 0.25) is 0 Å². The minimum atomic E-state index is -1.09. The summed E-state index contributed by atoms with van der Waals surface area (Å²) >= 11 is 0. The van der Waals surface area contributed by atoms with Crippen LogP contribution >= 0.6 is 0 Å². The monoisotopic (exact) mass is 412 g/mol. The number of carbonyl (C=O) groups is 2. The van der Waals surface area contributed by atoms with Crippen LogP contribution in [0.4, 0.5) is 16.2 Å². The second kappa shape index (κ2) is 7.29. The summed E-state index contributed by atoms with van der Waals surface area (Å²) in [5, 5.41) is 20.4. The van der Waals surface area contributed by atoms with Crippen LogP contribution in [0.15, 0.2) is 42.6 Å². The maximum absolute atomic E-state index is 11.8. The van der Waals surface area contributed by atoms with Crippen LogP contribution < -0.4 is 15.4 Å². The summed E-state index contributed by atoms with van der Waals surface area (Å²) in [7, 11) is 0. The summed E-state index contributed by atoms with van der Waals surface area (Å²) in [6.07, 6.45) is 3.19. The number of nitro benzene ring substituents is 1. The van der Waals surface area contributed by atoms with Crippen molar-refractivity contribution in [3.05, 3.63) is 58.3 Å². The number of aromatic nitrogens is 1. The fourth-order valence-corrected chi connectivity index (χ4v) is 4.49. The molecule has 156 valence electrons. The number of hydrogen-bond donors (Lipinski definition) is 2. The summed E-state index contributed by atoms with van der Waals surface area (Å²) < 4.78 is 5.83. The molecule has 30 heavy (non-hydrogen) atoms. The molecule has 2 amide bonds. The van der Waals surface area contributed by atoms with E-state index in [4.69, 9.17) is 10.5 Å². The number of nitrogens with zero attached hydrogens (tertiary/aromatic N) is 3. The van der Waals surface area contributed by atoms with Crippen molar-refractivity contribution in [2.45, 2.75) is 37.8 Å². The SMILES string of the molecule is NC(=O)c1cccnc1OC1CC2(C1)CC(N(C(=O)O)c1ccc([N+](=O)[O-])cc1)C2. The zero-order chi connectivity index (χ0) is 21.5. The number of benzene rings is 1. The largest absolute Gasteiger partial charge is 0.474 e. The normalized spacial score (nSPS) is 24.4. The van der Waals surface area contributed by atoms with Crippen LogP contribution in [0.1, 0.15) is 36.0 Å². The van der Waals surface area contributed by atoms with Crippen molar-refractivity contribution in [3.8, 4) is 5.88 Å². The van der Waals surface area contributed by atoms with Crippen molar-refractivity contribution in [3.63, 3.8) is 0 Å². The molecule has 2 aromatic rings. The Balaban J connectivity index is 1.37. The Labute approximate surface area is 171 Å². The zero-order valence-corrected chi connectivity index (χ0v) is 15.9. The van der Waals surface area contributed by atoms with Gasteiger partial charge in [0.05, 0.1) is 4.92 Å². The fraction of sp³-hybridized carbons (Fsp3) is 0.350. The van der Waals surface area contributed by atoms with Crippen LogP contribution in [-0.2, 0) is 0 Å². The number of nitrogens with two attached hydrogens (primary N) is 1. The molecule has 0 atom stereocenters. The van der Waals surface area contributed by atoms with Gasteiger partial charge in [0.25, 0.3) is 11.6 Å². The quantitative estimate of drug-likeness (QED) is 0.547. The molecule has 1 heterocycles. The number of primary amides is 1. The summed E-state index contributed by atoms with van der Waals surface area (Å²) in [5.74, 6) is -0.380. The molecule has 1 aromatic heterocycles. The van der Waals surface area contributed by atoms with Gasteiger partial charge in [-0.1, -0.05) is 0 Å². The van der Waals surface area contributed by atoms with E-state index in [1.165, 1.54) is 35.4 Å². The third-order valence-electron chi connectivity index (χ3n) is 5.88. The van der Waals surface area contributed by atoms with E-state index in [-0.39, 0.29) is 34.7 Å². The number of carboxylic acid groups (broad SMARTS) is 1. The number of ether oxygens (including phenoxy) is 1. The van der Waals surface area contributed by atoms with Crippen molar-refractivity contribution in [2.24, 2.45) is 11.1 Å². The van der Waals surface area contributed by atoms with Gasteiger partial charge in [-0.2, -0.15) is 0 Å². The molecule has 1 spiro atoms. The van der Waals surface area contributed by atoms with Gasteiger partial charge in [0.15, 0.2) is 0 Å². The van der Waals surface area contributed by atoms with E-state index in [2.05, 4.69) is 4.98 Å². The first kappa shape index (κ1) is 19.6. The van der Waals surface area contributed by atoms with E-state index in [0.29, 0.717) is 18.5 Å². The average Bonchev–Trinajstić information content (AvgIpc) is 2.64. The Hall–Kier alpha value is -3.69. The molecule has 0 unspecified atom stereocenters. The molecule has 4 rings (SSSR count). The zero-order valence-electron chi connectivity index (χ0n) is 15.9. The first-order chi connectivity index (χ1) is 14.3. The molecule has 0 saturated heterocycles. The number of anilines is 1. The minimum Gasteiger partial charge on any atom is -0.474 e. The van der Waals surface area contributed by atoms with Crippen LogP contribution in [0, 0.1) is 15.5 Å². The number of hydrogen-bond acceptors (Lipinski definition) is 6. The highest BCUT2D eigenvalue weighted by atomic mass is 16.6. The highest BCUT2D eigenvalue weighted by Crippen LogP contribution is 2.58. The minimum absolute atomic E-state index is 0.00543. The Kier molecular flexibility index (Phi) is 4.76. The highest BCUT2D eigenvalue weighted by Gasteiger charge is 2.56. The lowest BCUT2D eigenvalue weighted by Crippen LogP contribution is -2.60. The number of non-ortho nitro benzene ring substituents is 1. The summed E-state index contributed by atoms with van der Waals surface area (Å²) in [6, 6.07) is 8.50. The van der Waals surface area contributed by atoms with Crippen molar-refractivity contribution in [2.75, 3.05) is 4.90 Å². The lowest BCUT2D eigenvalue weighted by atomic mass is 9.52. The summed E-state index contributed by atoms with van der Waals surface area (Å²) in [6.45, 7) is 0. The number of amides is 2. The average molecular weight is 412 g/mol. The molecule has 2 saturated carbocycles. The lowest BCUT2D eigenvalue weighted by Gasteiger charge is -2.58. The molecule has 0 radical (unpaired) electrons. The lowest BCUT2D eigenvalue weighted by molar-refractivity contribution is -0.384. The van der Waals surface area contributed by atoms with Crippen LogP contribution in [-0.4, -0.2) is 39.2 Å². The number of rotatable bonds is 6. The number of nitro groups is 1. The number of carbonyl (C=O) groups excluding carboxylic acids is 1. The Morgan fingerprint density at radius 1 is 1.20 bits per heavy atom. The summed E-state index contributed by atoms with van der Waals surface area (Å²) in [4.78, 5) is 38.9.